The average Bonchev–Trinajstić information content (AvgIpc) is 2.25. The van der Waals surface area contributed by atoms with Crippen molar-refractivity contribution >= 4 is 17.8 Å². The number of hydrogen-bond acceptors (Lipinski definition) is 4. The second kappa shape index (κ2) is 5.90. The van der Waals surface area contributed by atoms with Crippen LogP contribution in [0.5, 0.6) is 0 Å². The second-order valence-corrected chi connectivity index (χ2v) is 4.08. The lowest BCUT2D eigenvalue weighted by Crippen LogP contribution is -2.08. The quantitative estimate of drug-likeness (QED) is 0.334. The Labute approximate surface area is 93.9 Å². The summed E-state index contributed by atoms with van der Waals surface area (Å²) in [4.78, 5) is 17.1. The van der Waals surface area contributed by atoms with Gasteiger partial charge in [0.15, 0.2) is 5.78 Å². The van der Waals surface area contributed by atoms with Crippen molar-refractivity contribution in [3.8, 4) is 0 Å². The Kier molecular flexibility index (Phi) is 4.81. The third-order valence-corrected chi connectivity index (χ3v) is 2.61. The zero-order chi connectivity index (χ0) is 11.3. The fourth-order valence-corrected chi connectivity index (χ4v) is 1.66. The molecular formula is C11H14O3S. The summed E-state index contributed by atoms with van der Waals surface area (Å²) in [6, 6.07) is 7.33. The van der Waals surface area contributed by atoms with E-state index in [1.165, 1.54) is 7.11 Å². The molecule has 4 heteroatoms. The minimum atomic E-state index is -0.0192. The van der Waals surface area contributed by atoms with Crippen molar-refractivity contribution in [2.45, 2.75) is 18.7 Å². The van der Waals surface area contributed by atoms with E-state index in [1.807, 2.05) is 32.0 Å². The molecule has 82 valence electrons. The smallest absolute Gasteiger partial charge is 0.166 e. The molecule has 1 aromatic carbocycles. The van der Waals surface area contributed by atoms with Crippen LogP contribution in [-0.2, 0) is 9.22 Å². The van der Waals surface area contributed by atoms with Gasteiger partial charge >= 0.3 is 0 Å². The van der Waals surface area contributed by atoms with E-state index in [0.717, 1.165) is 16.9 Å². The van der Waals surface area contributed by atoms with Crippen molar-refractivity contribution in [3.05, 3.63) is 29.8 Å². The number of ketones is 1. The molecular weight excluding hydrogens is 212 g/mol. The molecule has 3 nitrogen and oxygen atoms in total. The summed E-state index contributed by atoms with van der Waals surface area (Å²) in [5.74, 6) is 0.0899. The third-order valence-electron chi connectivity index (χ3n) is 1.87. The van der Waals surface area contributed by atoms with E-state index in [9.17, 15) is 4.79 Å². The van der Waals surface area contributed by atoms with Gasteiger partial charge in [-0.15, -0.1) is 0 Å². The average molecular weight is 226 g/mol. The Bertz CT molecular complexity index is 336. The molecule has 1 rings (SSSR count). The first kappa shape index (κ1) is 12.2. The maximum Gasteiger partial charge on any atom is 0.166 e. The largest absolute Gasteiger partial charge is 0.294 e. The molecule has 15 heavy (non-hydrogen) atoms. The number of rotatable bonds is 5. The summed E-state index contributed by atoms with van der Waals surface area (Å²) in [5.41, 5.74) is 0.676. The fourth-order valence-electron chi connectivity index (χ4n) is 1.12. The van der Waals surface area contributed by atoms with Gasteiger partial charge in [0.1, 0.15) is 0 Å². The van der Waals surface area contributed by atoms with E-state index in [2.05, 4.69) is 4.89 Å². The predicted molar refractivity (Wildman–Crippen MR) is 59.6 cm³/mol. The highest BCUT2D eigenvalue weighted by atomic mass is 32.2. The van der Waals surface area contributed by atoms with Crippen molar-refractivity contribution < 1.29 is 14.0 Å². The molecule has 0 aliphatic heterocycles. The molecule has 1 aromatic rings. The topological polar surface area (TPSA) is 35.5 Å². The molecule has 0 aliphatic carbocycles. The molecule has 0 aliphatic rings. The monoisotopic (exact) mass is 226 g/mol. The number of benzene rings is 1. The molecule has 0 spiro atoms. The van der Waals surface area contributed by atoms with Gasteiger partial charge in [-0.05, 0) is 6.07 Å². The van der Waals surface area contributed by atoms with Crippen molar-refractivity contribution in [2.75, 3.05) is 7.11 Å². The number of hydrogen-bond donors (Lipinski definition) is 0. The third kappa shape index (κ3) is 3.34. The fraction of sp³-hybridized carbons (Fsp3) is 0.364. The van der Waals surface area contributed by atoms with Gasteiger partial charge in [-0.2, -0.15) is 4.33 Å². The van der Waals surface area contributed by atoms with Gasteiger partial charge in [-0.25, -0.2) is 4.89 Å². The van der Waals surface area contributed by atoms with Crippen molar-refractivity contribution in [1.82, 2.24) is 0 Å². The van der Waals surface area contributed by atoms with Gasteiger partial charge in [0, 0.05) is 16.4 Å². The standard InChI is InChI=1S/C11H14O3S/c1-8(2)11(12)9-6-4-5-7-10(9)15-14-13-3/h4-8H,1-3H3. The summed E-state index contributed by atoms with van der Waals surface area (Å²) in [5, 5.41) is 0. The molecule has 0 heterocycles. The normalized spacial score (nSPS) is 10.7. The van der Waals surface area contributed by atoms with Crippen LogP contribution in [0.15, 0.2) is 29.2 Å². The van der Waals surface area contributed by atoms with Gasteiger partial charge in [0.25, 0.3) is 0 Å². The lowest BCUT2D eigenvalue weighted by Gasteiger charge is -2.08. The van der Waals surface area contributed by atoms with Gasteiger partial charge in [0.05, 0.1) is 19.2 Å². The van der Waals surface area contributed by atoms with E-state index < -0.39 is 0 Å². The minimum Gasteiger partial charge on any atom is -0.294 e. The van der Waals surface area contributed by atoms with Crippen LogP contribution in [0.3, 0.4) is 0 Å². The highest BCUT2D eigenvalue weighted by Gasteiger charge is 2.14. The number of carbonyl (C=O) groups excluding carboxylic acids is 1. The summed E-state index contributed by atoms with van der Waals surface area (Å²) < 4.78 is 4.75. The number of Topliss-reactive ketones (excluding diaryl/α,β-unsaturated/α-hetero) is 1. The maximum absolute atomic E-state index is 11.8. The maximum atomic E-state index is 11.8. The predicted octanol–water partition coefficient (Wildman–Crippen LogP) is 3.11. The first-order chi connectivity index (χ1) is 7.16. The Morgan fingerprint density at radius 2 is 2.00 bits per heavy atom. The van der Waals surface area contributed by atoms with Crippen LogP contribution >= 0.6 is 12.0 Å². The first-order valence-electron chi connectivity index (χ1n) is 4.67. The van der Waals surface area contributed by atoms with Crippen molar-refractivity contribution in [3.63, 3.8) is 0 Å². The van der Waals surface area contributed by atoms with E-state index in [0.29, 0.717) is 5.56 Å². The molecule has 0 atom stereocenters. The second-order valence-electron chi connectivity index (χ2n) is 3.33. The van der Waals surface area contributed by atoms with Gasteiger partial charge < -0.3 is 0 Å². The Morgan fingerprint density at radius 1 is 1.33 bits per heavy atom. The molecule has 0 bridgehead atoms. The molecule has 0 saturated carbocycles. The van der Waals surface area contributed by atoms with E-state index in [4.69, 9.17) is 4.33 Å². The Hall–Kier alpha value is -0.840. The van der Waals surface area contributed by atoms with E-state index >= 15 is 0 Å². The van der Waals surface area contributed by atoms with E-state index in [-0.39, 0.29) is 11.7 Å². The Balaban J connectivity index is 2.90. The molecule has 0 N–H and O–H groups in total. The van der Waals surface area contributed by atoms with Crippen LogP contribution in [0.25, 0.3) is 0 Å². The minimum absolute atomic E-state index is 0.0192. The molecule has 0 amide bonds. The van der Waals surface area contributed by atoms with Crippen LogP contribution in [0, 0.1) is 5.92 Å². The molecule has 0 aromatic heterocycles. The summed E-state index contributed by atoms with van der Waals surface area (Å²) in [6.45, 7) is 3.75. The van der Waals surface area contributed by atoms with Crippen LogP contribution in [0.1, 0.15) is 24.2 Å². The summed E-state index contributed by atoms with van der Waals surface area (Å²) in [6.07, 6.45) is 0. The molecule has 0 saturated heterocycles. The lowest BCUT2D eigenvalue weighted by molar-refractivity contribution is -0.160. The number of carbonyl (C=O) groups is 1. The molecule has 0 fully saturated rings. The Morgan fingerprint density at radius 3 is 2.60 bits per heavy atom. The van der Waals surface area contributed by atoms with Gasteiger partial charge in [-0.3, -0.25) is 4.79 Å². The lowest BCUT2D eigenvalue weighted by atomic mass is 10.0. The van der Waals surface area contributed by atoms with Crippen LogP contribution in [0.4, 0.5) is 0 Å². The van der Waals surface area contributed by atoms with Crippen LogP contribution in [0.2, 0.25) is 0 Å². The first-order valence-corrected chi connectivity index (χ1v) is 5.41. The van der Waals surface area contributed by atoms with Crippen molar-refractivity contribution in [1.29, 1.82) is 0 Å². The zero-order valence-corrected chi connectivity index (χ0v) is 9.84. The summed E-state index contributed by atoms with van der Waals surface area (Å²) >= 11 is 1.05. The van der Waals surface area contributed by atoms with Gasteiger partial charge in [0.2, 0.25) is 0 Å². The van der Waals surface area contributed by atoms with Crippen molar-refractivity contribution in [2.24, 2.45) is 5.92 Å². The van der Waals surface area contributed by atoms with Crippen LogP contribution in [-0.4, -0.2) is 12.9 Å². The SMILES string of the molecule is COOSc1ccccc1C(=O)C(C)C. The highest BCUT2D eigenvalue weighted by molar-refractivity contribution is 7.94. The van der Waals surface area contributed by atoms with Gasteiger partial charge in [-0.1, -0.05) is 32.0 Å². The molecule has 0 radical (unpaired) electrons. The van der Waals surface area contributed by atoms with E-state index in [1.54, 1.807) is 6.07 Å². The highest BCUT2D eigenvalue weighted by Crippen LogP contribution is 2.25. The zero-order valence-electron chi connectivity index (χ0n) is 9.02. The van der Waals surface area contributed by atoms with Crippen LogP contribution < -0.4 is 0 Å². The molecule has 0 unspecified atom stereocenters. The summed E-state index contributed by atoms with van der Waals surface area (Å²) in [7, 11) is 1.43.